The lowest BCUT2D eigenvalue weighted by molar-refractivity contribution is -0.120. The molecule has 0 aliphatic carbocycles. The van der Waals surface area contributed by atoms with E-state index in [1.807, 2.05) is 48.5 Å². The molecule has 0 atom stereocenters. The second-order valence-electron chi connectivity index (χ2n) is 6.69. The predicted octanol–water partition coefficient (Wildman–Crippen LogP) is 3.97. The number of nitrogens with one attached hydrogen (secondary N) is 2. The number of halogens is 1. The van der Waals surface area contributed by atoms with Crippen LogP contribution in [0.15, 0.2) is 72.8 Å². The van der Waals surface area contributed by atoms with Crippen LogP contribution in [-0.2, 0) is 17.9 Å². The molecule has 0 bridgehead atoms. The van der Waals surface area contributed by atoms with Crippen LogP contribution < -0.4 is 20.1 Å². The molecule has 0 heterocycles. The van der Waals surface area contributed by atoms with Gasteiger partial charge in [0.25, 0.3) is 5.91 Å². The molecule has 0 saturated heterocycles. The van der Waals surface area contributed by atoms with Gasteiger partial charge in [0, 0.05) is 22.7 Å². The topological polar surface area (TPSA) is 76.7 Å². The molecule has 0 unspecified atom stereocenters. The van der Waals surface area contributed by atoms with Gasteiger partial charge < -0.3 is 20.1 Å². The zero-order chi connectivity index (χ0) is 22.1. The van der Waals surface area contributed by atoms with Crippen molar-refractivity contribution in [1.29, 1.82) is 0 Å². The first kappa shape index (κ1) is 22.2. The third-order valence-electron chi connectivity index (χ3n) is 4.51. The highest BCUT2D eigenvalue weighted by Crippen LogP contribution is 2.29. The van der Waals surface area contributed by atoms with Gasteiger partial charge in [-0.2, -0.15) is 0 Å². The SMILES string of the molecule is COc1cc(C(=O)NCC(=O)NCc2ccccc2)ccc1OCc1ccccc1Cl. The van der Waals surface area contributed by atoms with Crippen molar-refractivity contribution in [3.63, 3.8) is 0 Å². The number of amides is 2. The van der Waals surface area contributed by atoms with Crippen LogP contribution in [0.5, 0.6) is 11.5 Å². The molecule has 2 amide bonds. The minimum Gasteiger partial charge on any atom is -0.493 e. The van der Waals surface area contributed by atoms with Crippen LogP contribution in [0.1, 0.15) is 21.5 Å². The molecule has 0 aliphatic heterocycles. The summed E-state index contributed by atoms with van der Waals surface area (Å²) in [6.07, 6.45) is 0. The molecular formula is C24H23ClN2O4. The van der Waals surface area contributed by atoms with E-state index < -0.39 is 0 Å². The molecular weight excluding hydrogens is 416 g/mol. The lowest BCUT2D eigenvalue weighted by atomic mass is 10.2. The number of carbonyl (C=O) groups is 2. The summed E-state index contributed by atoms with van der Waals surface area (Å²) in [6.45, 7) is 0.544. The third kappa shape index (κ3) is 6.49. The Morgan fingerprint density at radius 3 is 2.39 bits per heavy atom. The van der Waals surface area contributed by atoms with Gasteiger partial charge >= 0.3 is 0 Å². The largest absolute Gasteiger partial charge is 0.493 e. The summed E-state index contributed by atoms with van der Waals surface area (Å²) in [5.41, 5.74) is 2.19. The number of benzene rings is 3. The van der Waals surface area contributed by atoms with Crippen molar-refractivity contribution in [2.45, 2.75) is 13.2 Å². The number of rotatable bonds is 9. The maximum absolute atomic E-state index is 12.4. The average Bonchev–Trinajstić information content (AvgIpc) is 2.81. The van der Waals surface area contributed by atoms with E-state index in [9.17, 15) is 9.59 Å². The smallest absolute Gasteiger partial charge is 0.251 e. The minimum absolute atomic E-state index is 0.126. The van der Waals surface area contributed by atoms with Gasteiger partial charge in [-0.05, 0) is 29.8 Å². The molecule has 0 spiro atoms. The van der Waals surface area contributed by atoms with E-state index in [0.717, 1.165) is 11.1 Å². The molecule has 3 rings (SSSR count). The van der Waals surface area contributed by atoms with Gasteiger partial charge in [-0.3, -0.25) is 9.59 Å². The fourth-order valence-electron chi connectivity index (χ4n) is 2.82. The van der Waals surface area contributed by atoms with E-state index in [1.165, 1.54) is 7.11 Å². The number of methoxy groups -OCH3 is 1. The average molecular weight is 439 g/mol. The summed E-state index contributed by atoms with van der Waals surface area (Å²) < 4.78 is 11.1. The van der Waals surface area contributed by atoms with Crippen molar-refractivity contribution >= 4 is 23.4 Å². The molecule has 0 radical (unpaired) electrons. The van der Waals surface area contributed by atoms with Gasteiger partial charge in [-0.25, -0.2) is 0 Å². The van der Waals surface area contributed by atoms with Crippen molar-refractivity contribution in [2.24, 2.45) is 0 Å². The first-order chi connectivity index (χ1) is 15.1. The number of ether oxygens (including phenoxy) is 2. The first-order valence-electron chi connectivity index (χ1n) is 9.70. The molecule has 0 aromatic heterocycles. The van der Waals surface area contributed by atoms with Crippen molar-refractivity contribution < 1.29 is 19.1 Å². The fraction of sp³-hybridized carbons (Fsp3) is 0.167. The maximum atomic E-state index is 12.4. The number of hydrogen-bond acceptors (Lipinski definition) is 4. The Labute approximate surface area is 186 Å². The Hall–Kier alpha value is -3.51. The quantitative estimate of drug-likeness (QED) is 0.530. The Balaban J connectivity index is 1.53. The van der Waals surface area contributed by atoms with Crippen LogP contribution >= 0.6 is 11.6 Å². The predicted molar refractivity (Wildman–Crippen MR) is 119 cm³/mol. The first-order valence-corrected chi connectivity index (χ1v) is 10.1. The summed E-state index contributed by atoms with van der Waals surface area (Å²) in [6, 6.07) is 21.8. The summed E-state index contributed by atoms with van der Waals surface area (Å²) in [4.78, 5) is 24.4. The van der Waals surface area contributed by atoms with Gasteiger partial charge in [-0.15, -0.1) is 0 Å². The third-order valence-corrected chi connectivity index (χ3v) is 4.88. The Morgan fingerprint density at radius 2 is 1.65 bits per heavy atom. The van der Waals surface area contributed by atoms with Gasteiger partial charge in [0.1, 0.15) is 6.61 Å². The summed E-state index contributed by atoms with van der Waals surface area (Å²) in [5.74, 6) is 0.238. The summed E-state index contributed by atoms with van der Waals surface area (Å²) >= 11 is 6.15. The molecule has 0 saturated carbocycles. The van der Waals surface area contributed by atoms with Crippen molar-refractivity contribution in [3.05, 3.63) is 94.5 Å². The van der Waals surface area contributed by atoms with E-state index in [4.69, 9.17) is 21.1 Å². The van der Waals surface area contributed by atoms with Crippen LogP contribution in [0.4, 0.5) is 0 Å². The molecule has 7 heteroatoms. The zero-order valence-corrected chi connectivity index (χ0v) is 17.8. The van der Waals surface area contributed by atoms with Gasteiger partial charge in [0.2, 0.25) is 5.91 Å². The summed E-state index contributed by atoms with van der Waals surface area (Å²) in [5, 5.41) is 5.99. The van der Waals surface area contributed by atoms with Crippen molar-refractivity contribution in [3.8, 4) is 11.5 Å². The monoisotopic (exact) mass is 438 g/mol. The van der Waals surface area contributed by atoms with E-state index >= 15 is 0 Å². The molecule has 0 fully saturated rings. The molecule has 2 N–H and O–H groups in total. The van der Waals surface area contributed by atoms with Crippen molar-refractivity contribution in [1.82, 2.24) is 10.6 Å². The lowest BCUT2D eigenvalue weighted by Crippen LogP contribution is -2.36. The Bertz CT molecular complexity index is 1040. The molecule has 6 nitrogen and oxygen atoms in total. The highest BCUT2D eigenvalue weighted by atomic mass is 35.5. The van der Waals surface area contributed by atoms with Gasteiger partial charge in [0.05, 0.1) is 13.7 Å². The standard InChI is InChI=1S/C24H23ClN2O4/c1-30-22-13-18(11-12-21(22)31-16-19-9-5-6-10-20(19)25)24(29)27-15-23(28)26-14-17-7-3-2-4-8-17/h2-13H,14-16H2,1H3,(H,26,28)(H,27,29). The molecule has 0 aliphatic rings. The molecule has 160 valence electrons. The van der Waals surface area contributed by atoms with Gasteiger partial charge in [0.15, 0.2) is 11.5 Å². The van der Waals surface area contributed by atoms with E-state index in [2.05, 4.69) is 10.6 Å². The van der Waals surface area contributed by atoms with Crippen LogP contribution in [0.3, 0.4) is 0 Å². The molecule has 3 aromatic rings. The highest BCUT2D eigenvalue weighted by Gasteiger charge is 2.13. The zero-order valence-electron chi connectivity index (χ0n) is 17.1. The van der Waals surface area contributed by atoms with Gasteiger partial charge in [-0.1, -0.05) is 60.1 Å². The number of carbonyl (C=O) groups excluding carboxylic acids is 2. The molecule has 3 aromatic carbocycles. The van der Waals surface area contributed by atoms with Crippen LogP contribution in [0.25, 0.3) is 0 Å². The van der Waals surface area contributed by atoms with E-state index in [1.54, 1.807) is 24.3 Å². The highest BCUT2D eigenvalue weighted by molar-refractivity contribution is 6.31. The Morgan fingerprint density at radius 1 is 0.903 bits per heavy atom. The molecule has 31 heavy (non-hydrogen) atoms. The summed E-state index contributed by atoms with van der Waals surface area (Å²) in [7, 11) is 1.50. The van der Waals surface area contributed by atoms with Crippen LogP contribution in [-0.4, -0.2) is 25.5 Å². The van der Waals surface area contributed by atoms with E-state index in [-0.39, 0.29) is 25.0 Å². The second kappa shape index (κ2) is 11.0. The Kier molecular flexibility index (Phi) is 7.90. The normalized spacial score (nSPS) is 10.3. The number of hydrogen-bond donors (Lipinski definition) is 2. The van der Waals surface area contributed by atoms with Crippen LogP contribution in [0, 0.1) is 0 Å². The van der Waals surface area contributed by atoms with Crippen LogP contribution in [0.2, 0.25) is 5.02 Å². The minimum atomic E-state index is -0.384. The maximum Gasteiger partial charge on any atom is 0.251 e. The van der Waals surface area contributed by atoms with Crippen molar-refractivity contribution in [2.75, 3.05) is 13.7 Å². The lowest BCUT2D eigenvalue weighted by Gasteiger charge is -2.13. The van der Waals surface area contributed by atoms with E-state index in [0.29, 0.717) is 28.6 Å². The second-order valence-corrected chi connectivity index (χ2v) is 7.10. The fourth-order valence-corrected chi connectivity index (χ4v) is 3.01.